The van der Waals surface area contributed by atoms with Crippen LogP contribution in [0.1, 0.15) is 18.0 Å². The summed E-state index contributed by atoms with van der Waals surface area (Å²) in [5.41, 5.74) is 4.95. The average Bonchev–Trinajstić information content (AvgIpc) is 1.82. The van der Waals surface area contributed by atoms with Gasteiger partial charge in [-0.2, -0.15) is 0 Å². The number of esters is 1. The van der Waals surface area contributed by atoms with E-state index in [1.54, 1.807) is 0 Å². The number of nitrogens with two attached hydrogens (primary N) is 1. The lowest BCUT2D eigenvalue weighted by Crippen LogP contribution is -2.36. The Morgan fingerprint density at radius 2 is 2.50 bits per heavy atom. The average molecular weight is 150 g/mol. The smallest absolute Gasteiger partial charge is 0.325 e. The third-order valence-electron chi connectivity index (χ3n) is 0.683. The minimum absolute atomic E-state index is 0.511. The highest BCUT2D eigenvalue weighted by atomic mass is 16.5. The fourth-order valence-electron chi connectivity index (χ4n) is 0.323. The molecule has 0 amide bonds. The van der Waals surface area contributed by atoms with Gasteiger partial charge in [0.2, 0.25) is 0 Å². The van der Waals surface area contributed by atoms with Crippen molar-refractivity contribution in [1.82, 2.24) is 0 Å². The number of hydrogen-bond acceptors (Lipinski definition) is 4. The Hall–Kier alpha value is -0.610. The summed E-state index contributed by atoms with van der Waals surface area (Å²) < 4.78 is 25.0. The summed E-state index contributed by atoms with van der Waals surface area (Å²) in [7, 11) is 0. The molecule has 4 heteroatoms. The Morgan fingerprint density at radius 3 is 2.80 bits per heavy atom. The lowest BCUT2D eigenvalue weighted by atomic mass is 10.3. The lowest BCUT2D eigenvalue weighted by molar-refractivity contribution is -0.149. The molecule has 0 fully saturated rings. The fraction of sp³-hybridized carbons (Fsp3) is 0.833. The second kappa shape index (κ2) is 4.24. The van der Waals surface area contributed by atoms with E-state index in [1.165, 1.54) is 13.8 Å². The van der Waals surface area contributed by atoms with E-state index >= 15 is 0 Å². The number of aliphatic hydroxyl groups is 1. The van der Waals surface area contributed by atoms with Gasteiger partial charge in [-0.05, 0) is 13.8 Å². The lowest BCUT2D eigenvalue weighted by Gasteiger charge is -2.10. The highest BCUT2D eigenvalue weighted by Crippen LogP contribution is 1.91. The minimum Gasteiger partial charge on any atom is -0.462 e. The number of carbonyl (C=O) groups is 1. The van der Waals surface area contributed by atoms with E-state index in [-0.39, 0.29) is 0 Å². The van der Waals surface area contributed by atoms with Crippen LogP contribution in [0, 0.1) is 0 Å². The van der Waals surface area contributed by atoms with Crippen LogP contribution in [0.5, 0.6) is 0 Å². The molecule has 0 saturated heterocycles. The number of carbonyl (C=O) groups excluding carboxylic acids is 1. The van der Waals surface area contributed by atoms with Crippen LogP contribution < -0.4 is 5.73 Å². The second-order valence-electron chi connectivity index (χ2n) is 1.98. The molecular weight excluding hydrogens is 134 g/mol. The van der Waals surface area contributed by atoms with Crippen LogP contribution in [-0.4, -0.2) is 29.8 Å². The van der Waals surface area contributed by atoms with Crippen molar-refractivity contribution in [2.75, 3.05) is 6.56 Å². The zero-order valence-electron chi connectivity index (χ0n) is 8.92. The summed E-state index contributed by atoms with van der Waals surface area (Å²) in [5.74, 6) is -1.30. The number of hydrogen-bond donors (Lipinski definition) is 2. The van der Waals surface area contributed by atoms with Gasteiger partial charge in [0.05, 0.1) is 16.8 Å². The van der Waals surface area contributed by atoms with Crippen molar-refractivity contribution < 1.29 is 18.8 Å². The summed E-state index contributed by atoms with van der Waals surface area (Å²) in [6.07, 6.45) is -0.511. The summed E-state index contributed by atoms with van der Waals surface area (Å²) in [5, 5.41) is 8.75. The van der Waals surface area contributed by atoms with Gasteiger partial charge in [-0.25, -0.2) is 0 Å². The first-order valence-corrected chi connectivity index (χ1v) is 2.81. The molecule has 3 N–H and O–H groups in total. The van der Waals surface area contributed by atoms with Gasteiger partial charge < -0.3 is 15.6 Å². The first-order chi connectivity index (χ1) is 5.59. The Bertz CT molecular complexity index is 200. The van der Waals surface area contributed by atoms with Gasteiger partial charge in [0.15, 0.2) is 0 Å². The molecule has 60 valence electrons. The molecule has 4 nitrogen and oxygen atoms in total. The molecule has 0 aliphatic rings. The molecule has 1 atom stereocenters. The van der Waals surface area contributed by atoms with Crippen molar-refractivity contribution in [1.29, 1.82) is 0 Å². The minimum atomic E-state index is -3.13. The van der Waals surface area contributed by atoms with E-state index < -0.39 is 24.7 Å². The predicted molar refractivity (Wildman–Crippen MR) is 36.3 cm³/mol. The molecule has 0 radical (unpaired) electrons. The van der Waals surface area contributed by atoms with Gasteiger partial charge in [-0.1, -0.05) is 0 Å². The van der Waals surface area contributed by atoms with Crippen molar-refractivity contribution in [3.8, 4) is 0 Å². The molecule has 0 aliphatic heterocycles. The van der Waals surface area contributed by atoms with Gasteiger partial charge in [0.1, 0.15) is 6.02 Å². The number of rotatable bonds is 3. The SMILES string of the molecule is [2H]C([2H])(O)C([2H])(N)C(=O)OC(C)C. The molecule has 0 rings (SSSR count). The van der Waals surface area contributed by atoms with E-state index in [0.29, 0.717) is 0 Å². The first kappa shape index (κ1) is 5.09. The van der Waals surface area contributed by atoms with Crippen LogP contribution in [0.2, 0.25) is 0 Å². The van der Waals surface area contributed by atoms with Crippen LogP contribution in [-0.2, 0) is 9.53 Å². The Labute approximate surface area is 64.2 Å². The molecule has 0 aliphatic carbocycles. The molecule has 0 aromatic heterocycles. The predicted octanol–water partition coefficient (Wildman–Crippen LogP) is -0.742. The summed E-state index contributed by atoms with van der Waals surface area (Å²) >= 11 is 0. The summed E-state index contributed by atoms with van der Waals surface area (Å²) in [6.45, 7) is -0.0686. The van der Waals surface area contributed by atoms with E-state index in [0.717, 1.165) is 0 Å². The molecule has 0 aromatic rings. The van der Waals surface area contributed by atoms with Gasteiger partial charge in [0.25, 0.3) is 0 Å². The maximum Gasteiger partial charge on any atom is 0.325 e. The third kappa shape index (κ3) is 3.42. The third-order valence-corrected chi connectivity index (χ3v) is 0.683. The Morgan fingerprint density at radius 1 is 2.00 bits per heavy atom. The summed E-state index contributed by atoms with van der Waals surface area (Å²) in [6, 6.07) is -2.79. The second-order valence-corrected chi connectivity index (χ2v) is 1.98. The van der Waals surface area contributed by atoms with Gasteiger partial charge >= 0.3 is 5.97 Å². The van der Waals surface area contributed by atoms with E-state index in [9.17, 15) is 4.79 Å². The van der Waals surface area contributed by atoms with Crippen LogP contribution in [0.3, 0.4) is 0 Å². The maximum atomic E-state index is 11.0. The molecule has 1 unspecified atom stereocenters. The quantitative estimate of drug-likeness (QED) is 0.520. The molecule has 0 heterocycles. The number of ether oxygens (including phenoxy) is 1. The largest absolute Gasteiger partial charge is 0.462 e. The molecule has 0 spiro atoms. The van der Waals surface area contributed by atoms with Crippen LogP contribution in [0.4, 0.5) is 0 Å². The molecular formula is C6H13NO3. The highest BCUT2D eigenvalue weighted by molar-refractivity contribution is 5.75. The van der Waals surface area contributed by atoms with Gasteiger partial charge in [0, 0.05) is 0 Å². The van der Waals surface area contributed by atoms with E-state index in [4.69, 9.17) is 15.0 Å². The van der Waals surface area contributed by atoms with Crippen LogP contribution in [0.25, 0.3) is 0 Å². The zero-order chi connectivity index (χ0) is 10.9. The molecule has 0 bridgehead atoms. The van der Waals surface area contributed by atoms with Crippen molar-refractivity contribution in [3.63, 3.8) is 0 Å². The monoisotopic (exact) mass is 150 g/mol. The van der Waals surface area contributed by atoms with Gasteiger partial charge in [-0.15, -0.1) is 0 Å². The maximum absolute atomic E-state index is 11.0. The standard InChI is InChI=1S/C6H13NO3/c1-4(2)10-6(9)5(7)3-8/h4-5,8H,3,7H2,1-2H3/i3D2,5D. The molecule has 0 aromatic carbocycles. The molecule has 10 heavy (non-hydrogen) atoms. The van der Waals surface area contributed by atoms with Crippen molar-refractivity contribution in [3.05, 3.63) is 0 Å². The van der Waals surface area contributed by atoms with Crippen LogP contribution in [0.15, 0.2) is 0 Å². The Balaban J connectivity index is 4.56. The first-order valence-electron chi connectivity index (χ1n) is 4.31. The van der Waals surface area contributed by atoms with E-state index in [1.807, 2.05) is 0 Å². The van der Waals surface area contributed by atoms with Crippen molar-refractivity contribution in [2.24, 2.45) is 5.73 Å². The van der Waals surface area contributed by atoms with E-state index in [2.05, 4.69) is 4.74 Å². The molecule has 0 saturated carbocycles. The summed E-state index contributed by atoms with van der Waals surface area (Å²) in [4.78, 5) is 11.0. The van der Waals surface area contributed by atoms with Crippen molar-refractivity contribution >= 4 is 5.97 Å². The normalized spacial score (nSPS) is 22.3. The van der Waals surface area contributed by atoms with Crippen LogP contribution >= 0.6 is 0 Å². The Kier molecular flexibility index (Phi) is 2.16. The zero-order valence-corrected chi connectivity index (χ0v) is 5.92. The fourth-order valence-corrected chi connectivity index (χ4v) is 0.323. The topological polar surface area (TPSA) is 72.5 Å². The highest BCUT2D eigenvalue weighted by Gasteiger charge is 2.14. The van der Waals surface area contributed by atoms with Crippen molar-refractivity contribution in [2.45, 2.75) is 26.0 Å². The van der Waals surface area contributed by atoms with Gasteiger partial charge in [-0.3, -0.25) is 4.79 Å².